The summed E-state index contributed by atoms with van der Waals surface area (Å²) >= 11 is 0. The number of hydrogen-bond donors (Lipinski definition) is 1. The normalized spacial score (nSPS) is 27.7. The van der Waals surface area contributed by atoms with E-state index in [1.54, 1.807) is 0 Å². The zero-order valence-corrected chi connectivity index (χ0v) is 16.7. The predicted molar refractivity (Wildman–Crippen MR) is 108 cm³/mol. The van der Waals surface area contributed by atoms with Crippen LogP contribution in [0.2, 0.25) is 0 Å². The number of amides is 1. The fourth-order valence-electron chi connectivity index (χ4n) is 5.53. The molecule has 0 bridgehead atoms. The summed E-state index contributed by atoms with van der Waals surface area (Å²) in [5.41, 5.74) is 1.16. The molecule has 4 nitrogen and oxygen atoms in total. The number of nitrogens with one attached hydrogen (secondary N) is 1. The number of likely N-dealkylation sites (tertiary alicyclic amines) is 1. The number of hydrogen-bond acceptors (Lipinski definition) is 3. The first-order valence-corrected chi connectivity index (χ1v) is 10.8. The van der Waals surface area contributed by atoms with Crippen LogP contribution in [0.3, 0.4) is 0 Å². The van der Waals surface area contributed by atoms with Gasteiger partial charge in [-0.25, -0.2) is 0 Å². The molecule has 4 rings (SSSR count). The van der Waals surface area contributed by atoms with Gasteiger partial charge in [0.05, 0.1) is 11.5 Å². The second-order valence-electron chi connectivity index (χ2n) is 8.92. The van der Waals surface area contributed by atoms with Crippen molar-refractivity contribution in [1.82, 2.24) is 10.2 Å². The number of nitrogens with zero attached hydrogens (tertiary/aromatic N) is 1. The van der Waals surface area contributed by atoms with E-state index in [-0.39, 0.29) is 16.7 Å². The monoisotopic (exact) mass is 370 g/mol. The van der Waals surface area contributed by atoms with E-state index < -0.39 is 0 Å². The van der Waals surface area contributed by atoms with E-state index in [9.17, 15) is 4.79 Å². The summed E-state index contributed by atoms with van der Waals surface area (Å²) in [7, 11) is 2.17. The lowest BCUT2D eigenvalue weighted by Crippen LogP contribution is -2.39. The van der Waals surface area contributed by atoms with E-state index in [2.05, 4.69) is 41.5 Å². The maximum Gasteiger partial charge on any atom is 0.231 e. The minimum atomic E-state index is -0.278. The number of carbonyl (C=O) groups excluding carboxylic acids is 1. The smallest absolute Gasteiger partial charge is 0.231 e. The molecular weight excluding hydrogens is 336 g/mol. The van der Waals surface area contributed by atoms with Crippen molar-refractivity contribution in [1.29, 1.82) is 0 Å². The van der Waals surface area contributed by atoms with Gasteiger partial charge in [-0.15, -0.1) is 0 Å². The van der Waals surface area contributed by atoms with Crippen LogP contribution in [0.25, 0.3) is 0 Å². The van der Waals surface area contributed by atoms with Gasteiger partial charge in [0.1, 0.15) is 0 Å². The zero-order chi connectivity index (χ0) is 18.7. The molecule has 1 N–H and O–H groups in total. The summed E-state index contributed by atoms with van der Waals surface area (Å²) in [5, 5.41) is 3.25. The van der Waals surface area contributed by atoms with Crippen molar-refractivity contribution in [3.63, 3.8) is 0 Å². The van der Waals surface area contributed by atoms with E-state index in [0.717, 1.165) is 51.9 Å². The lowest BCUT2D eigenvalue weighted by molar-refractivity contribution is -0.124. The standard InChI is InChI=1S/C23H34N2O2/c1-25-15-10-20(11-16-25)27-17-7-14-24-21(26)23(19-8-3-2-4-9-19)18-22(23)12-5-6-13-22/h2-4,8-9,20H,5-7,10-18H2,1H3,(H,24,26)/t23-/m0/s1. The summed E-state index contributed by atoms with van der Waals surface area (Å²) in [6.07, 6.45) is 9.53. The average molecular weight is 371 g/mol. The zero-order valence-electron chi connectivity index (χ0n) is 16.7. The second-order valence-corrected chi connectivity index (χ2v) is 8.92. The Hall–Kier alpha value is -1.39. The van der Waals surface area contributed by atoms with E-state index in [0.29, 0.717) is 6.10 Å². The molecule has 0 aromatic heterocycles. The quantitative estimate of drug-likeness (QED) is 0.747. The van der Waals surface area contributed by atoms with E-state index in [1.165, 1.54) is 31.2 Å². The fraction of sp³-hybridized carbons (Fsp3) is 0.696. The lowest BCUT2D eigenvalue weighted by Gasteiger charge is -2.29. The van der Waals surface area contributed by atoms with Gasteiger partial charge in [-0.1, -0.05) is 43.2 Å². The molecule has 3 fully saturated rings. The number of piperidine rings is 1. The highest BCUT2D eigenvalue weighted by Gasteiger charge is 2.72. The molecule has 1 aromatic carbocycles. The molecule has 1 aromatic rings. The molecule has 2 saturated carbocycles. The number of rotatable bonds is 7. The maximum atomic E-state index is 13.2. The minimum Gasteiger partial charge on any atom is -0.378 e. The van der Waals surface area contributed by atoms with Crippen LogP contribution in [-0.2, 0) is 14.9 Å². The van der Waals surface area contributed by atoms with Gasteiger partial charge >= 0.3 is 0 Å². The van der Waals surface area contributed by atoms with Crippen LogP contribution < -0.4 is 5.32 Å². The third-order valence-corrected chi connectivity index (χ3v) is 7.22. The van der Waals surface area contributed by atoms with Crippen molar-refractivity contribution in [2.45, 2.75) is 62.9 Å². The molecule has 1 spiro atoms. The molecule has 1 atom stereocenters. The number of carbonyl (C=O) groups is 1. The van der Waals surface area contributed by atoms with Crippen molar-refractivity contribution in [3.8, 4) is 0 Å². The average Bonchev–Trinajstić information content (AvgIpc) is 3.11. The Balaban J connectivity index is 1.28. The van der Waals surface area contributed by atoms with Crippen LogP contribution in [-0.4, -0.2) is 50.2 Å². The molecule has 1 heterocycles. The van der Waals surface area contributed by atoms with Crippen molar-refractivity contribution in [2.24, 2.45) is 5.41 Å². The van der Waals surface area contributed by atoms with Crippen molar-refractivity contribution in [3.05, 3.63) is 35.9 Å². The molecular formula is C23H34N2O2. The van der Waals surface area contributed by atoms with Crippen molar-refractivity contribution in [2.75, 3.05) is 33.3 Å². The molecule has 1 amide bonds. The molecule has 1 saturated heterocycles. The largest absolute Gasteiger partial charge is 0.378 e. The predicted octanol–water partition coefficient (Wildman–Crippen LogP) is 3.51. The van der Waals surface area contributed by atoms with E-state index >= 15 is 0 Å². The summed E-state index contributed by atoms with van der Waals surface area (Å²) < 4.78 is 6.01. The van der Waals surface area contributed by atoms with Crippen LogP contribution >= 0.6 is 0 Å². The van der Waals surface area contributed by atoms with E-state index in [4.69, 9.17) is 4.74 Å². The highest BCUT2D eigenvalue weighted by molar-refractivity contribution is 5.93. The highest BCUT2D eigenvalue weighted by Crippen LogP contribution is 2.72. The Morgan fingerprint density at radius 3 is 2.59 bits per heavy atom. The van der Waals surface area contributed by atoms with Gasteiger partial charge in [-0.05, 0) is 56.6 Å². The van der Waals surface area contributed by atoms with Gasteiger partial charge in [-0.2, -0.15) is 0 Å². The highest BCUT2D eigenvalue weighted by atomic mass is 16.5. The summed E-state index contributed by atoms with van der Waals surface area (Å²) in [4.78, 5) is 15.6. The summed E-state index contributed by atoms with van der Waals surface area (Å²) in [5.74, 6) is 0.245. The van der Waals surface area contributed by atoms with Crippen LogP contribution in [0.4, 0.5) is 0 Å². The maximum absolute atomic E-state index is 13.2. The molecule has 0 unspecified atom stereocenters. The minimum absolute atomic E-state index is 0.225. The first-order chi connectivity index (χ1) is 13.2. The van der Waals surface area contributed by atoms with Crippen LogP contribution in [0.1, 0.15) is 56.9 Å². The first kappa shape index (κ1) is 18.9. The van der Waals surface area contributed by atoms with Crippen LogP contribution in [0.5, 0.6) is 0 Å². The molecule has 27 heavy (non-hydrogen) atoms. The summed E-state index contributed by atoms with van der Waals surface area (Å²) in [6.45, 7) is 3.72. The lowest BCUT2D eigenvalue weighted by atomic mass is 9.84. The van der Waals surface area contributed by atoms with Gasteiger partial charge in [0, 0.05) is 26.2 Å². The van der Waals surface area contributed by atoms with Crippen molar-refractivity contribution >= 4 is 5.91 Å². The molecule has 0 radical (unpaired) electrons. The number of benzene rings is 1. The Labute approximate surface area is 163 Å². The fourth-order valence-corrected chi connectivity index (χ4v) is 5.53. The second kappa shape index (κ2) is 7.92. The third-order valence-electron chi connectivity index (χ3n) is 7.22. The number of ether oxygens (including phenoxy) is 1. The Morgan fingerprint density at radius 1 is 1.19 bits per heavy atom. The van der Waals surface area contributed by atoms with Crippen LogP contribution in [0.15, 0.2) is 30.3 Å². The van der Waals surface area contributed by atoms with E-state index in [1.807, 2.05) is 6.07 Å². The molecule has 2 aliphatic carbocycles. The molecule has 1 aliphatic heterocycles. The van der Waals surface area contributed by atoms with Gasteiger partial charge in [0.15, 0.2) is 0 Å². The topological polar surface area (TPSA) is 41.6 Å². The van der Waals surface area contributed by atoms with Gasteiger partial charge in [0.2, 0.25) is 5.91 Å². The molecule has 3 aliphatic rings. The molecule has 4 heteroatoms. The molecule has 148 valence electrons. The Bertz CT molecular complexity index is 633. The van der Waals surface area contributed by atoms with Gasteiger partial charge < -0.3 is 15.0 Å². The Kier molecular flexibility index (Phi) is 5.56. The summed E-state index contributed by atoms with van der Waals surface area (Å²) in [6, 6.07) is 10.5. The Morgan fingerprint density at radius 2 is 1.89 bits per heavy atom. The van der Waals surface area contributed by atoms with Crippen molar-refractivity contribution < 1.29 is 9.53 Å². The van der Waals surface area contributed by atoms with Gasteiger partial charge in [-0.3, -0.25) is 4.79 Å². The van der Waals surface area contributed by atoms with Gasteiger partial charge in [0.25, 0.3) is 0 Å². The first-order valence-electron chi connectivity index (χ1n) is 10.8. The van der Waals surface area contributed by atoms with Crippen LogP contribution in [0, 0.1) is 5.41 Å². The third kappa shape index (κ3) is 3.66. The SMILES string of the molecule is CN1CCC(OCCCNC(=O)[C@@]2(c3ccccc3)CC23CCCC3)CC1.